The van der Waals surface area contributed by atoms with E-state index in [1.54, 1.807) is 31.2 Å². The fourth-order valence-electron chi connectivity index (χ4n) is 1.88. The van der Waals surface area contributed by atoms with Crippen molar-refractivity contribution in [2.75, 3.05) is 0 Å². The molecule has 0 saturated heterocycles. The van der Waals surface area contributed by atoms with Crippen molar-refractivity contribution in [1.29, 1.82) is 0 Å². The molecule has 0 aromatic heterocycles. The van der Waals surface area contributed by atoms with Gasteiger partial charge in [-0.2, -0.15) is 0 Å². The van der Waals surface area contributed by atoms with Gasteiger partial charge in [0, 0.05) is 11.1 Å². The first-order valence-electron chi connectivity index (χ1n) is 6.09. The summed E-state index contributed by atoms with van der Waals surface area (Å²) in [6.07, 6.45) is 0. The van der Waals surface area contributed by atoms with Crippen molar-refractivity contribution in [2.24, 2.45) is 5.84 Å². The van der Waals surface area contributed by atoms with Crippen LogP contribution in [0.1, 0.15) is 21.5 Å². The van der Waals surface area contributed by atoms with E-state index < -0.39 is 0 Å². The minimum absolute atomic E-state index is 0.204. The first kappa shape index (κ1) is 14.0. The van der Waals surface area contributed by atoms with Gasteiger partial charge >= 0.3 is 0 Å². The van der Waals surface area contributed by atoms with Crippen LogP contribution in [0.2, 0.25) is 0 Å². The van der Waals surface area contributed by atoms with Gasteiger partial charge in [-0.25, -0.2) is 10.2 Å². The second kappa shape index (κ2) is 6.16. The molecule has 0 aliphatic carbocycles. The SMILES string of the molecule is Cc1cc(F)ccc1OCc1ccccc1C(=O)NN. The molecule has 3 N–H and O–H groups in total. The van der Waals surface area contributed by atoms with Crippen molar-refractivity contribution >= 4 is 5.91 Å². The van der Waals surface area contributed by atoms with E-state index in [0.29, 0.717) is 22.4 Å². The number of carbonyl (C=O) groups is 1. The van der Waals surface area contributed by atoms with E-state index in [1.165, 1.54) is 12.1 Å². The van der Waals surface area contributed by atoms with Crippen molar-refractivity contribution < 1.29 is 13.9 Å². The highest BCUT2D eigenvalue weighted by Gasteiger charge is 2.10. The third-order valence-electron chi connectivity index (χ3n) is 2.91. The first-order valence-corrected chi connectivity index (χ1v) is 6.09. The monoisotopic (exact) mass is 274 g/mol. The summed E-state index contributed by atoms with van der Waals surface area (Å²) in [6.45, 7) is 1.97. The Balaban J connectivity index is 2.17. The highest BCUT2D eigenvalue weighted by atomic mass is 19.1. The van der Waals surface area contributed by atoms with Gasteiger partial charge in [-0.1, -0.05) is 18.2 Å². The van der Waals surface area contributed by atoms with Gasteiger partial charge < -0.3 is 4.74 Å². The molecule has 0 unspecified atom stereocenters. The number of hydrazine groups is 1. The minimum Gasteiger partial charge on any atom is -0.489 e. The Labute approximate surface area is 116 Å². The maximum absolute atomic E-state index is 13.0. The van der Waals surface area contributed by atoms with Crippen LogP contribution in [0.3, 0.4) is 0 Å². The molecular formula is C15H15FN2O2. The lowest BCUT2D eigenvalue weighted by molar-refractivity contribution is 0.0951. The van der Waals surface area contributed by atoms with Crippen LogP contribution in [0.15, 0.2) is 42.5 Å². The van der Waals surface area contributed by atoms with Gasteiger partial charge in [0.2, 0.25) is 0 Å². The lowest BCUT2D eigenvalue weighted by Gasteiger charge is -2.11. The van der Waals surface area contributed by atoms with Gasteiger partial charge in [-0.05, 0) is 36.8 Å². The summed E-state index contributed by atoms with van der Waals surface area (Å²) in [5, 5.41) is 0. The fourth-order valence-corrected chi connectivity index (χ4v) is 1.88. The molecule has 0 atom stereocenters. The van der Waals surface area contributed by atoms with Gasteiger partial charge in [-0.3, -0.25) is 10.2 Å². The molecule has 0 spiro atoms. The number of aryl methyl sites for hydroxylation is 1. The standard InChI is InChI=1S/C15H15FN2O2/c1-10-8-12(16)6-7-14(10)20-9-11-4-2-3-5-13(11)15(19)18-17/h2-8H,9,17H2,1H3,(H,18,19). The number of amides is 1. The molecule has 0 radical (unpaired) electrons. The van der Waals surface area contributed by atoms with Gasteiger partial charge in [0.1, 0.15) is 18.2 Å². The molecule has 2 aromatic rings. The molecule has 2 rings (SSSR count). The van der Waals surface area contributed by atoms with Crippen LogP contribution in [0.4, 0.5) is 4.39 Å². The molecule has 0 fully saturated rings. The van der Waals surface area contributed by atoms with E-state index in [2.05, 4.69) is 5.43 Å². The lowest BCUT2D eigenvalue weighted by atomic mass is 10.1. The van der Waals surface area contributed by atoms with Gasteiger partial charge in [0.15, 0.2) is 0 Å². The Hall–Kier alpha value is -2.40. The van der Waals surface area contributed by atoms with Crippen molar-refractivity contribution in [3.8, 4) is 5.75 Å². The zero-order valence-corrected chi connectivity index (χ0v) is 11.0. The Morgan fingerprint density at radius 1 is 1.30 bits per heavy atom. The largest absolute Gasteiger partial charge is 0.489 e. The number of nitrogens with one attached hydrogen (secondary N) is 1. The third-order valence-corrected chi connectivity index (χ3v) is 2.91. The second-order valence-corrected chi connectivity index (χ2v) is 4.33. The number of hydrogen-bond acceptors (Lipinski definition) is 3. The summed E-state index contributed by atoms with van der Waals surface area (Å²) in [7, 11) is 0. The van der Waals surface area contributed by atoms with Crippen LogP contribution in [0.5, 0.6) is 5.75 Å². The molecule has 0 saturated carbocycles. The number of halogens is 1. The number of ether oxygens (including phenoxy) is 1. The van der Waals surface area contributed by atoms with Crippen LogP contribution in [-0.2, 0) is 6.61 Å². The third kappa shape index (κ3) is 3.13. The second-order valence-electron chi connectivity index (χ2n) is 4.33. The van der Waals surface area contributed by atoms with E-state index >= 15 is 0 Å². The van der Waals surface area contributed by atoms with Crippen molar-refractivity contribution in [3.63, 3.8) is 0 Å². The summed E-state index contributed by atoms with van der Waals surface area (Å²) in [5.74, 6) is 5.03. The van der Waals surface area contributed by atoms with Gasteiger partial charge in [0.25, 0.3) is 5.91 Å². The molecule has 0 aliphatic rings. The zero-order valence-electron chi connectivity index (χ0n) is 11.0. The maximum Gasteiger partial charge on any atom is 0.265 e. The summed E-state index contributed by atoms with van der Waals surface area (Å²) in [5.41, 5.74) is 3.96. The minimum atomic E-state index is -0.375. The zero-order chi connectivity index (χ0) is 14.5. The highest BCUT2D eigenvalue weighted by molar-refractivity contribution is 5.95. The molecule has 20 heavy (non-hydrogen) atoms. The number of nitrogens with two attached hydrogens (primary N) is 1. The molecule has 0 heterocycles. The Morgan fingerprint density at radius 3 is 2.75 bits per heavy atom. The van der Waals surface area contributed by atoms with E-state index in [0.717, 1.165) is 0 Å². The van der Waals surface area contributed by atoms with E-state index in [1.807, 2.05) is 6.07 Å². The number of hydrogen-bond donors (Lipinski definition) is 2. The Kier molecular flexibility index (Phi) is 4.32. The van der Waals surface area contributed by atoms with Crippen molar-refractivity contribution in [2.45, 2.75) is 13.5 Å². The lowest BCUT2D eigenvalue weighted by Crippen LogP contribution is -2.30. The number of rotatable bonds is 4. The van der Waals surface area contributed by atoms with Crippen LogP contribution in [-0.4, -0.2) is 5.91 Å². The van der Waals surface area contributed by atoms with Crippen molar-refractivity contribution in [1.82, 2.24) is 5.43 Å². The molecule has 0 aliphatic heterocycles. The predicted molar refractivity (Wildman–Crippen MR) is 73.6 cm³/mol. The predicted octanol–water partition coefficient (Wildman–Crippen LogP) is 2.32. The molecule has 104 valence electrons. The summed E-state index contributed by atoms with van der Waals surface area (Å²) >= 11 is 0. The normalized spacial score (nSPS) is 10.2. The summed E-state index contributed by atoms with van der Waals surface area (Å²) < 4.78 is 18.6. The van der Waals surface area contributed by atoms with Crippen LogP contribution in [0, 0.1) is 12.7 Å². The molecule has 5 heteroatoms. The molecule has 1 amide bonds. The van der Waals surface area contributed by atoms with Crippen LogP contribution >= 0.6 is 0 Å². The first-order chi connectivity index (χ1) is 9.61. The van der Waals surface area contributed by atoms with E-state index in [9.17, 15) is 9.18 Å². The van der Waals surface area contributed by atoms with Gasteiger partial charge in [-0.15, -0.1) is 0 Å². The molecular weight excluding hydrogens is 259 g/mol. The average Bonchev–Trinajstić information content (AvgIpc) is 2.46. The number of nitrogen functional groups attached to an aromatic ring is 1. The summed E-state index contributed by atoms with van der Waals surface area (Å²) in [6, 6.07) is 11.3. The number of benzene rings is 2. The fraction of sp³-hybridized carbons (Fsp3) is 0.133. The Bertz CT molecular complexity index is 629. The maximum atomic E-state index is 13.0. The topological polar surface area (TPSA) is 64.3 Å². The van der Waals surface area contributed by atoms with E-state index in [4.69, 9.17) is 10.6 Å². The van der Waals surface area contributed by atoms with Gasteiger partial charge in [0.05, 0.1) is 0 Å². The van der Waals surface area contributed by atoms with Crippen LogP contribution < -0.4 is 16.0 Å². The quantitative estimate of drug-likeness (QED) is 0.511. The Morgan fingerprint density at radius 2 is 2.05 bits per heavy atom. The highest BCUT2D eigenvalue weighted by Crippen LogP contribution is 2.20. The molecule has 0 bridgehead atoms. The smallest absolute Gasteiger partial charge is 0.265 e. The summed E-state index contributed by atoms with van der Waals surface area (Å²) in [4.78, 5) is 11.6. The molecule has 2 aromatic carbocycles. The van der Waals surface area contributed by atoms with E-state index in [-0.39, 0.29) is 18.3 Å². The molecule has 4 nitrogen and oxygen atoms in total. The van der Waals surface area contributed by atoms with Crippen LogP contribution in [0.25, 0.3) is 0 Å². The average molecular weight is 274 g/mol. The number of carbonyl (C=O) groups excluding carboxylic acids is 1. The van der Waals surface area contributed by atoms with Crippen molar-refractivity contribution in [3.05, 3.63) is 65.0 Å².